The number of piperidine rings is 1. The molecule has 23 heavy (non-hydrogen) atoms. The van der Waals surface area contributed by atoms with Crippen LogP contribution in [0.4, 0.5) is 5.69 Å². The summed E-state index contributed by atoms with van der Waals surface area (Å²) in [6.07, 6.45) is 4.52. The Morgan fingerprint density at radius 2 is 2.04 bits per heavy atom. The number of hydrogen-bond acceptors (Lipinski definition) is 5. The number of nitro groups is 1. The third kappa shape index (κ3) is 5.02. The monoisotopic (exact) mass is 323 g/mol. The fourth-order valence-corrected chi connectivity index (χ4v) is 3.51. The molecule has 2 rings (SSSR count). The summed E-state index contributed by atoms with van der Waals surface area (Å²) in [6.45, 7) is 8.87. The Kier molecular flexibility index (Phi) is 4.74. The van der Waals surface area contributed by atoms with E-state index in [0.717, 1.165) is 12.8 Å². The molecule has 1 fully saturated rings. The third-order valence-corrected chi connectivity index (χ3v) is 3.95. The highest BCUT2D eigenvalue weighted by Crippen LogP contribution is 2.28. The van der Waals surface area contributed by atoms with Crippen LogP contribution in [0, 0.1) is 10.1 Å². The lowest BCUT2D eigenvalue weighted by Crippen LogP contribution is -2.62. The molecule has 2 heterocycles. The van der Waals surface area contributed by atoms with Gasteiger partial charge in [-0.3, -0.25) is 19.6 Å². The second-order valence-corrected chi connectivity index (χ2v) is 7.53. The highest BCUT2D eigenvalue weighted by atomic mass is 16.6. The molecule has 1 aromatic rings. The number of hydrogen-bond donors (Lipinski definition) is 2. The molecule has 0 aliphatic carbocycles. The topological polar surface area (TPSA) is 102 Å². The molecule has 128 valence electrons. The molecule has 1 amide bonds. The van der Waals surface area contributed by atoms with Gasteiger partial charge in [0.15, 0.2) is 0 Å². The first-order valence-electron chi connectivity index (χ1n) is 7.82. The molecule has 1 aliphatic heterocycles. The maximum absolute atomic E-state index is 12.1. The first-order chi connectivity index (χ1) is 10.6. The van der Waals surface area contributed by atoms with Gasteiger partial charge < -0.3 is 10.6 Å². The number of carbonyl (C=O) groups excluding carboxylic acids is 1. The Morgan fingerprint density at radius 1 is 1.43 bits per heavy atom. The van der Waals surface area contributed by atoms with Crippen LogP contribution in [-0.4, -0.2) is 37.7 Å². The minimum absolute atomic E-state index is 0.0255. The Hall–Kier alpha value is -1.96. The lowest BCUT2D eigenvalue weighted by atomic mass is 9.79. The lowest BCUT2D eigenvalue weighted by Gasteiger charge is -2.46. The van der Waals surface area contributed by atoms with E-state index in [0.29, 0.717) is 6.54 Å². The Balaban J connectivity index is 1.85. The molecular weight excluding hydrogens is 298 g/mol. The molecule has 0 radical (unpaired) electrons. The van der Waals surface area contributed by atoms with Gasteiger partial charge in [0.25, 0.3) is 0 Å². The summed E-state index contributed by atoms with van der Waals surface area (Å²) in [6, 6.07) is 0.126. The summed E-state index contributed by atoms with van der Waals surface area (Å²) in [4.78, 5) is 22.2. The quantitative estimate of drug-likeness (QED) is 0.633. The van der Waals surface area contributed by atoms with Gasteiger partial charge in [0.2, 0.25) is 5.91 Å². The molecule has 8 nitrogen and oxygen atoms in total. The molecule has 8 heteroatoms. The van der Waals surface area contributed by atoms with E-state index in [9.17, 15) is 14.9 Å². The number of amides is 1. The van der Waals surface area contributed by atoms with Crippen molar-refractivity contribution < 1.29 is 9.72 Å². The zero-order chi connectivity index (χ0) is 17.3. The number of aryl methyl sites for hydroxylation is 1. The van der Waals surface area contributed by atoms with E-state index in [1.54, 1.807) is 0 Å². The van der Waals surface area contributed by atoms with Crippen LogP contribution in [0.3, 0.4) is 0 Å². The average molecular weight is 323 g/mol. The van der Waals surface area contributed by atoms with Crippen LogP contribution < -0.4 is 10.6 Å². The van der Waals surface area contributed by atoms with Gasteiger partial charge in [-0.15, -0.1) is 0 Å². The molecule has 1 saturated heterocycles. The van der Waals surface area contributed by atoms with Crippen molar-refractivity contribution in [2.45, 2.75) is 70.6 Å². The van der Waals surface area contributed by atoms with Crippen molar-refractivity contribution in [2.75, 3.05) is 0 Å². The van der Waals surface area contributed by atoms with E-state index in [1.807, 2.05) is 0 Å². The molecule has 0 spiro atoms. The van der Waals surface area contributed by atoms with Gasteiger partial charge in [0.05, 0.1) is 4.92 Å². The van der Waals surface area contributed by atoms with Crippen molar-refractivity contribution in [1.29, 1.82) is 0 Å². The average Bonchev–Trinajstić information content (AvgIpc) is 2.81. The van der Waals surface area contributed by atoms with Crippen LogP contribution >= 0.6 is 0 Å². The molecule has 0 atom stereocenters. The van der Waals surface area contributed by atoms with Gasteiger partial charge in [0, 0.05) is 30.1 Å². The van der Waals surface area contributed by atoms with Gasteiger partial charge in [-0.25, -0.2) is 0 Å². The van der Waals surface area contributed by atoms with E-state index in [1.165, 1.54) is 17.1 Å². The lowest BCUT2D eigenvalue weighted by molar-refractivity contribution is -0.385. The first-order valence-corrected chi connectivity index (χ1v) is 7.82. The predicted octanol–water partition coefficient (Wildman–Crippen LogP) is 1.61. The van der Waals surface area contributed by atoms with Crippen molar-refractivity contribution in [3.8, 4) is 0 Å². The van der Waals surface area contributed by atoms with Crippen molar-refractivity contribution in [1.82, 2.24) is 20.4 Å². The summed E-state index contributed by atoms with van der Waals surface area (Å²) >= 11 is 0. The van der Waals surface area contributed by atoms with Crippen molar-refractivity contribution >= 4 is 11.6 Å². The molecule has 2 N–H and O–H groups in total. The molecule has 1 aliphatic rings. The molecular formula is C15H25N5O3. The summed E-state index contributed by atoms with van der Waals surface area (Å²) < 4.78 is 1.42. The largest absolute Gasteiger partial charge is 0.353 e. The maximum Gasteiger partial charge on any atom is 0.306 e. The molecule has 1 aromatic heterocycles. The summed E-state index contributed by atoms with van der Waals surface area (Å²) in [5.74, 6) is -0.0540. The predicted molar refractivity (Wildman–Crippen MR) is 86.0 cm³/mol. The summed E-state index contributed by atoms with van der Waals surface area (Å²) in [7, 11) is 0. The Bertz CT molecular complexity index is 578. The second kappa shape index (κ2) is 6.27. The van der Waals surface area contributed by atoms with Gasteiger partial charge in [-0.2, -0.15) is 5.10 Å². The Labute approximate surface area is 135 Å². The number of nitrogens with zero attached hydrogens (tertiary/aromatic N) is 3. The van der Waals surface area contributed by atoms with Gasteiger partial charge in [-0.1, -0.05) is 0 Å². The zero-order valence-corrected chi connectivity index (χ0v) is 14.1. The second-order valence-electron chi connectivity index (χ2n) is 7.53. The van der Waals surface area contributed by atoms with Gasteiger partial charge >= 0.3 is 5.69 Å². The molecule has 0 aromatic carbocycles. The van der Waals surface area contributed by atoms with Gasteiger partial charge in [0.1, 0.15) is 12.4 Å². The summed E-state index contributed by atoms with van der Waals surface area (Å²) in [5, 5.41) is 21.1. The zero-order valence-electron chi connectivity index (χ0n) is 14.1. The summed E-state index contributed by atoms with van der Waals surface area (Å²) in [5.41, 5.74) is -0.114. The van der Waals surface area contributed by atoms with E-state index >= 15 is 0 Å². The number of nitrogens with one attached hydrogen (secondary N) is 2. The van der Waals surface area contributed by atoms with Crippen LogP contribution in [0.1, 0.15) is 47.0 Å². The number of rotatable bonds is 5. The van der Waals surface area contributed by atoms with Crippen LogP contribution in [-0.2, 0) is 11.3 Å². The highest BCUT2D eigenvalue weighted by Gasteiger charge is 2.38. The normalized spacial score (nSPS) is 20.2. The van der Waals surface area contributed by atoms with Gasteiger partial charge in [-0.05, 0) is 40.5 Å². The van der Waals surface area contributed by atoms with Crippen LogP contribution in [0.5, 0.6) is 0 Å². The molecule has 0 bridgehead atoms. The standard InChI is InChI=1S/C15H25N5O3/c1-14(2)7-11(8-15(3,4)18-14)17-13(21)5-6-19-10-12(9-16-19)20(22)23/h9-11,18H,5-8H2,1-4H3,(H,17,21). The molecule has 0 unspecified atom stereocenters. The first kappa shape index (κ1) is 17.4. The van der Waals surface area contributed by atoms with E-state index < -0.39 is 4.92 Å². The smallest absolute Gasteiger partial charge is 0.306 e. The highest BCUT2D eigenvalue weighted by molar-refractivity contribution is 5.76. The van der Waals surface area contributed by atoms with Crippen molar-refractivity contribution in [2.24, 2.45) is 0 Å². The SMILES string of the molecule is CC1(C)CC(NC(=O)CCn2cc([N+](=O)[O-])cn2)CC(C)(C)N1. The van der Waals surface area contributed by atoms with E-state index in [4.69, 9.17) is 0 Å². The number of aromatic nitrogens is 2. The number of carbonyl (C=O) groups is 1. The van der Waals surface area contributed by atoms with Crippen LogP contribution in [0.2, 0.25) is 0 Å². The van der Waals surface area contributed by atoms with Crippen LogP contribution in [0.15, 0.2) is 12.4 Å². The van der Waals surface area contributed by atoms with E-state index in [-0.39, 0.29) is 35.1 Å². The van der Waals surface area contributed by atoms with E-state index in [2.05, 4.69) is 43.4 Å². The molecule has 0 saturated carbocycles. The minimum atomic E-state index is -0.497. The fraction of sp³-hybridized carbons (Fsp3) is 0.733. The maximum atomic E-state index is 12.1. The van der Waals surface area contributed by atoms with Crippen molar-refractivity contribution in [3.63, 3.8) is 0 Å². The van der Waals surface area contributed by atoms with Crippen molar-refractivity contribution in [3.05, 3.63) is 22.5 Å². The van der Waals surface area contributed by atoms with Crippen LogP contribution in [0.25, 0.3) is 0 Å². The third-order valence-electron chi connectivity index (χ3n) is 3.95. The minimum Gasteiger partial charge on any atom is -0.353 e. The fourth-order valence-electron chi connectivity index (χ4n) is 3.51. The Morgan fingerprint density at radius 3 is 2.57 bits per heavy atom.